The molecule has 0 aromatic carbocycles. The van der Waals surface area contributed by atoms with Crippen molar-refractivity contribution in [1.29, 1.82) is 0 Å². The summed E-state index contributed by atoms with van der Waals surface area (Å²) in [6.45, 7) is 2.96. The van der Waals surface area contributed by atoms with E-state index in [9.17, 15) is 18.0 Å². The largest absolute Gasteiger partial charge is 0.369 e. The Kier molecular flexibility index (Phi) is 5.50. The minimum Gasteiger partial charge on any atom is -0.369 e. The van der Waals surface area contributed by atoms with Crippen LogP contribution in [0, 0.1) is 23.7 Å². The molecule has 10 heteroatoms. The van der Waals surface area contributed by atoms with Gasteiger partial charge in [-0.1, -0.05) is 12.2 Å². The van der Waals surface area contributed by atoms with Crippen LogP contribution in [0.4, 0.5) is 0 Å². The number of hydrogen-bond donors (Lipinski definition) is 4. The maximum absolute atomic E-state index is 12.3. The predicted molar refractivity (Wildman–Crippen MR) is 106 cm³/mol. The molecule has 1 saturated heterocycles. The van der Waals surface area contributed by atoms with Crippen molar-refractivity contribution in [3.63, 3.8) is 0 Å². The van der Waals surface area contributed by atoms with Crippen LogP contribution in [0.3, 0.4) is 0 Å². The van der Waals surface area contributed by atoms with Crippen LogP contribution in [0.5, 0.6) is 0 Å². The highest BCUT2D eigenvalue weighted by Gasteiger charge is 2.45. The molecule has 4 aliphatic rings. The number of nitrogens with one attached hydrogen (secondary N) is 3. The second-order valence-electron chi connectivity index (χ2n) is 8.17. The number of H-pyrrole nitrogens is 1. The molecule has 158 valence electrons. The summed E-state index contributed by atoms with van der Waals surface area (Å²) in [5.41, 5.74) is 5.10. The second kappa shape index (κ2) is 7.92. The van der Waals surface area contributed by atoms with Gasteiger partial charge >= 0.3 is 0 Å². The fraction of sp³-hybridized carbons (Fsp3) is 0.579. The molecule has 1 aromatic heterocycles. The lowest BCUT2D eigenvalue weighted by molar-refractivity contribution is -0.116. The SMILES string of the molecule is NC(=O)CNS(=O)(=O)c1c[nH]c(C(=O)NCCN2CC3C4C=CC(CC4)C3C2)c1. The molecule has 5 rings (SSSR count). The Morgan fingerprint density at radius 3 is 2.41 bits per heavy atom. The van der Waals surface area contributed by atoms with Crippen LogP contribution in [-0.4, -0.2) is 62.8 Å². The third-order valence-corrected chi connectivity index (χ3v) is 7.77. The summed E-state index contributed by atoms with van der Waals surface area (Å²) in [7, 11) is -3.89. The number of hydrogen-bond acceptors (Lipinski definition) is 5. The molecule has 5 N–H and O–H groups in total. The normalized spacial score (nSPS) is 28.4. The van der Waals surface area contributed by atoms with E-state index in [4.69, 9.17) is 5.73 Å². The van der Waals surface area contributed by atoms with E-state index in [0.717, 1.165) is 31.5 Å². The van der Waals surface area contributed by atoms with E-state index in [1.54, 1.807) is 0 Å². The Hall–Kier alpha value is -2.17. The summed E-state index contributed by atoms with van der Waals surface area (Å²) in [4.78, 5) is 28.1. The number of aromatic amines is 1. The van der Waals surface area contributed by atoms with Gasteiger partial charge in [-0.25, -0.2) is 13.1 Å². The molecule has 2 bridgehead atoms. The molecule has 0 spiro atoms. The van der Waals surface area contributed by atoms with Gasteiger partial charge in [0.2, 0.25) is 15.9 Å². The van der Waals surface area contributed by atoms with Crippen molar-refractivity contribution in [2.75, 3.05) is 32.7 Å². The van der Waals surface area contributed by atoms with E-state index in [0.29, 0.717) is 18.4 Å². The number of amides is 2. The molecular formula is C19H27N5O4S. The van der Waals surface area contributed by atoms with Crippen LogP contribution in [0.15, 0.2) is 29.3 Å². The van der Waals surface area contributed by atoms with Gasteiger partial charge in [-0.05, 0) is 42.6 Å². The van der Waals surface area contributed by atoms with Gasteiger partial charge in [0.05, 0.1) is 6.54 Å². The zero-order chi connectivity index (χ0) is 20.6. The molecule has 3 aliphatic carbocycles. The van der Waals surface area contributed by atoms with E-state index >= 15 is 0 Å². The van der Waals surface area contributed by atoms with Crippen molar-refractivity contribution in [1.82, 2.24) is 19.9 Å². The average Bonchev–Trinajstić information content (AvgIpc) is 3.36. The Labute approximate surface area is 170 Å². The van der Waals surface area contributed by atoms with Crippen molar-refractivity contribution in [2.24, 2.45) is 29.4 Å². The first-order valence-corrected chi connectivity index (χ1v) is 11.5. The molecule has 1 aliphatic heterocycles. The Morgan fingerprint density at radius 2 is 1.83 bits per heavy atom. The molecule has 2 amide bonds. The standard InChI is InChI=1S/C19H27N5O4S/c20-18(25)9-23-29(27,28)14-7-17(22-8-14)19(26)21-5-6-24-10-15-12-1-2-13(4-3-12)16(15)11-24/h1-2,7-8,12-13,15-16,22-23H,3-6,9-11H2,(H2,20,25)(H,21,26). The third kappa shape index (κ3) is 4.24. The molecule has 1 aromatic rings. The van der Waals surface area contributed by atoms with E-state index in [-0.39, 0.29) is 16.5 Å². The molecule has 0 radical (unpaired) electrons. The van der Waals surface area contributed by atoms with E-state index in [2.05, 4.69) is 32.1 Å². The quantitative estimate of drug-likeness (QED) is 0.425. The Morgan fingerprint density at radius 1 is 1.17 bits per heavy atom. The first-order chi connectivity index (χ1) is 13.8. The number of nitrogens with zero attached hydrogens (tertiary/aromatic N) is 1. The number of primary amides is 1. The van der Waals surface area contributed by atoms with Crippen LogP contribution in [-0.2, 0) is 14.8 Å². The van der Waals surface area contributed by atoms with Gasteiger partial charge in [-0.3, -0.25) is 9.59 Å². The lowest BCUT2D eigenvalue weighted by Gasteiger charge is -2.40. The number of sulfonamides is 1. The molecular weight excluding hydrogens is 394 g/mol. The second-order valence-corrected chi connectivity index (χ2v) is 9.94. The van der Waals surface area contributed by atoms with Crippen LogP contribution in [0.2, 0.25) is 0 Å². The van der Waals surface area contributed by atoms with Crippen LogP contribution >= 0.6 is 0 Å². The summed E-state index contributed by atoms with van der Waals surface area (Å²) in [6.07, 6.45) is 8.62. The predicted octanol–water partition coefficient (Wildman–Crippen LogP) is -0.348. The Bertz CT molecular complexity index is 903. The molecule has 9 nitrogen and oxygen atoms in total. The van der Waals surface area contributed by atoms with Crippen LogP contribution in [0.1, 0.15) is 23.3 Å². The van der Waals surface area contributed by atoms with Gasteiger partial charge in [0.25, 0.3) is 5.91 Å². The number of fused-ring (bicyclic) bond motifs is 1. The highest BCUT2D eigenvalue weighted by molar-refractivity contribution is 7.89. The molecule has 4 atom stereocenters. The van der Waals surface area contributed by atoms with Crippen molar-refractivity contribution in [3.05, 3.63) is 30.1 Å². The van der Waals surface area contributed by atoms with Gasteiger partial charge in [0.15, 0.2) is 0 Å². The van der Waals surface area contributed by atoms with Crippen LogP contribution < -0.4 is 15.8 Å². The number of likely N-dealkylation sites (tertiary alicyclic amines) is 1. The van der Waals surface area contributed by atoms with Gasteiger partial charge in [0, 0.05) is 32.4 Å². The minimum atomic E-state index is -3.89. The maximum atomic E-state index is 12.3. The number of aromatic nitrogens is 1. The van der Waals surface area contributed by atoms with Gasteiger partial charge in [-0.15, -0.1) is 0 Å². The lowest BCUT2D eigenvalue weighted by atomic mass is 9.64. The number of carbonyl (C=O) groups excluding carboxylic acids is 2. The van der Waals surface area contributed by atoms with Crippen molar-refractivity contribution in [3.8, 4) is 0 Å². The molecule has 2 fully saturated rings. The number of nitrogens with two attached hydrogens (primary N) is 1. The summed E-state index contributed by atoms with van der Waals surface area (Å²) in [6, 6.07) is 1.24. The van der Waals surface area contributed by atoms with Crippen molar-refractivity contribution in [2.45, 2.75) is 17.7 Å². The maximum Gasteiger partial charge on any atom is 0.267 e. The summed E-state index contributed by atoms with van der Waals surface area (Å²) in [5, 5.41) is 2.84. The topological polar surface area (TPSA) is 137 Å². The fourth-order valence-corrected chi connectivity index (χ4v) is 5.93. The fourth-order valence-electron chi connectivity index (χ4n) is 4.94. The number of carbonyl (C=O) groups is 2. The van der Waals surface area contributed by atoms with Crippen molar-refractivity contribution >= 4 is 21.8 Å². The summed E-state index contributed by atoms with van der Waals surface area (Å²) >= 11 is 0. The Balaban J connectivity index is 1.26. The van der Waals surface area contributed by atoms with E-state index in [1.807, 2.05) is 0 Å². The average molecular weight is 422 g/mol. The number of allylic oxidation sites excluding steroid dienone is 2. The summed E-state index contributed by atoms with van der Waals surface area (Å²) < 4.78 is 26.2. The highest BCUT2D eigenvalue weighted by atomic mass is 32.2. The first kappa shape index (κ1) is 20.1. The number of rotatable bonds is 8. The zero-order valence-electron chi connectivity index (χ0n) is 16.1. The van der Waals surface area contributed by atoms with E-state index < -0.39 is 22.5 Å². The molecule has 29 heavy (non-hydrogen) atoms. The van der Waals surface area contributed by atoms with Gasteiger partial charge < -0.3 is 20.9 Å². The smallest absolute Gasteiger partial charge is 0.267 e. The monoisotopic (exact) mass is 421 g/mol. The van der Waals surface area contributed by atoms with Gasteiger partial charge in [-0.2, -0.15) is 0 Å². The molecule has 2 heterocycles. The van der Waals surface area contributed by atoms with Crippen molar-refractivity contribution < 1.29 is 18.0 Å². The van der Waals surface area contributed by atoms with Gasteiger partial charge in [0.1, 0.15) is 10.6 Å². The first-order valence-electron chi connectivity index (χ1n) is 9.99. The molecule has 1 saturated carbocycles. The lowest BCUT2D eigenvalue weighted by Crippen LogP contribution is -2.35. The van der Waals surface area contributed by atoms with E-state index in [1.165, 1.54) is 25.1 Å². The van der Waals surface area contributed by atoms with Crippen LogP contribution in [0.25, 0.3) is 0 Å². The highest BCUT2D eigenvalue weighted by Crippen LogP contribution is 2.48. The molecule has 4 unspecified atom stereocenters. The third-order valence-electron chi connectivity index (χ3n) is 6.39. The zero-order valence-corrected chi connectivity index (χ0v) is 17.0. The summed E-state index contributed by atoms with van der Waals surface area (Å²) in [5.74, 6) is 1.78. The minimum absolute atomic E-state index is 0.115.